The Bertz CT molecular complexity index is 482. The maximum atomic E-state index is 11.0. The van der Waals surface area contributed by atoms with Crippen molar-refractivity contribution in [3.63, 3.8) is 0 Å². The van der Waals surface area contributed by atoms with Crippen molar-refractivity contribution in [2.75, 3.05) is 32.7 Å². The number of carbonyl (C=O) groups is 1. The summed E-state index contributed by atoms with van der Waals surface area (Å²) in [6.07, 6.45) is 3.81. The maximum absolute atomic E-state index is 11.0. The number of rotatable bonds is 5. The summed E-state index contributed by atoms with van der Waals surface area (Å²) in [5.74, 6) is 0.992. The molecule has 20 heavy (non-hydrogen) atoms. The summed E-state index contributed by atoms with van der Waals surface area (Å²) in [7, 11) is 0. The molecule has 1 aliphatic heterocycles. The summed E-state index contributed by atoms with van der Waals surface area (Å²) in [6.45, 7) is 11.1. The van der Waals surface area contributed by atoms with Crippen molar-refractivity contribution in [1.29, 1.82) is 0 Å². The number of aromatic nitrogens is 1. The van der Waals surface area contributed by atoms with Gasteiger partial charge >= 0.3 is 0 Å². The summed E-state index contributed by atoms with van der Waals surface area (Å²) in [6, 6.07) is 0. The minimum atomic E-state index is 0.741. The predicted octanol–water partition coefficient (Wildman–Crippen LogP) is 1.97. The van der Waals surface area contributed by atoms with Crippen LogP contribution in [0.2, 0.25) is 0 Å². The van der Waals surface area contributed by atoms with Crippen LogP contribution in [0.25, 0.3) is 0 Å². The number of piperazine rings is 1. The van der Waals surface area contributed by atoms with Crippen molar-refractivity contribution in [1.82, 2.24) is 14.8 Å². The van der Waals surface area contributed by atoms with Gasteiger partial charge in [-0.15, -0.1) is 0 Å². The van der Waals surface area contributed by atoms with Crippen molar-refractivity contribution >= 4 is 6.29 Å². The molecule has 1 aromatic rings. The highest BCUT2D eigenvalue weighted by atomic mass is 16.1. The van der Waals surface area contributed by atoms with Gasteiger partial charge in [0.1, 0.15) is 0 Å². The number of aromatic amines is 1. The molecule has 2 fully saturated rings. The molecular weight excluding hydrogens is 250 g/mol. The molecule has 0 radical (unpaired) electrons. The Morgan fingerprint density at radius 3 is 2.35 bits per heavy atom. The van der Waals surface area contributed by atoms with Gasteiger partial charge in [-0.2, -0.15) is 0 Å². The zero-order valence-electron chi connectivity index (χ0n) is 12.6. The molecule has 0 bridgehead atoms. The topological polar surface area (TPSA) is 39.3 Å². The van der Waals surface area contributed by atoms with Crippen LogP contribution in [0.4, 0.5) is 0 Å². The summed E-state index contributed by atoms with van der Waals surface area (Å²) in [4.78, 5) is 19.3. The van der Waals surface area contributed by atoms with E-state index in [1.165, 1.54) is 38.0 Å². The fourth-order valence-corrected chi connectivity index (χ4v) is 3.19. The van der Waals surface area contributed by atoms with Crippen molar-refractivity contribution in [3.05, 3.63) is 22.5 Å². The Hall–Kier alpha value is -1.13. The number of carbonyl (C=O) groups excluding carboxylic acids is 1. The van der Waals surface area contributed by atoms with E-state index in [1.807, 2.05) is 6.92 Å². The van der Waals surface area contributed by atoms with Crippen molar-refractivity contribution in [2.45, 2.75) is 33.2 Å². The Morgan fingerprint density at radius 1 is 1.15 bits per heavy atom. The van der Waals surface area contributed by atoms with E-state index < -0.39 is 0 Å². The highest BCUT2D eigenvalue weighted by Gasteiger charge is 2.26. The molecular formula is C16H25N3O. The van der Waals surface area contributed by atoms with Crippen LogP contribution in [-0.4, -0.2) is 53.8 Å². The van der Waals surface area contributed by atoms with Gasteiger partial charge in [0.2, 0.25) is 0 Å². The first-order valence-electron chi connectivity index (χ1n) is 7.75. The molecule has 110 valence electrons. The van der Waals surface area contributed by atoms with Crippen LogP contribution < -0.4 is 0 Å². The van der Waals surface area contributed by atoms with Crippen LogP contribution >= 0.6 is 0 Å². The smallest absolute Gasteiger partial charge is 0.166 e. The number of aryl methyl sites for hydroxylation is 1. The lowest BCUT2D eigenvalue weighted by atomic mass is 10.1. The molecule has 4 nitrogen and oxygen atoms in total. The van der Waals surface area contributed by atoms with Gasteiger partial charge < -0.3 is 9.88 Å². The SMILES string of the molecule is Cc1[nH]c(C=O)c(C)c1CN1CCN(CC2CC2)CC1. The number of hydrogen-bond donors (Lipinski definition) is 1. The molecule has 1 saturated heterocycles. The van der Waals surface area contributed by atoms with E-state index in [1.54, 1.807) is 0 Å². The van der Waals surface area contributed by atoms with Crippen LogP contribution in [0, 0.1) is 19.8 Å². The molecule has 0 amide bonds. The van der Waals surface area contributed by atoms with Gasteiger partial charge in [0.15, 0.2) is 6.29 Å². The summed E-state index contributed by atoms with van der Waals surface area (Å²) in [5, 5.41) is 0. The zero-order chi connectivity index (χ0) is 14.1. The average molecular weight is 275 g/mol. The summed E-state index contributed by atoms with van der Waals surface area (Å²) < 4.78 is 0. The van der Waals surface area contributed by atoms with E-state index in [0.29, 0.717) is 0 Å². The van der Waals surface area contributed by atoms with Gasteiger partial charge in [-0.3, -0.25) is 9.69 Å². The third-order valence-electron chi connectivity index (χ3n) is 4.81. The highest BCUT2D eigenvalue weighted by molar-refractivity contribution is 5.75. The number of nitrogens with zero attached hydrogens (tertiary/aromatic N) is 2. The standard InChI is InChI=1S/C16H25N3O/c1-12-15(13(2)17-16(12)11-20)10-19-7-5-18(6-8-19)9-14-3-4-14/h11,14,17H,3-10H2,1-2H3. The second-order valence-electron chi connectivity index (χ2n) is 6.41. The van der Waals surface area contributed by atoms with Gasteiger partial charge in [-0.05, 0) is 43.7 Å². The van der Waals surface area contributed by atoms with Crippen LogP contribution in [-0.2, 0) is 6.54 Å². The average Bonchev–Trinajstić information content (AvgIpc) is 3.22. The Kier molecular flexibility index (Phi) is 3.94. The molecule has 1 N–H and O–H groups in total. The molecule has 0 spiro atoms. The highest BCUT2D eigenvalue weighted by Crippen LogP contribution is 2.30. The van der Waals surface area contributed by atoms with Crippen LogP contribution in [0.1, 0.15) is 40.2 Å². The van der Waals surface area contributed by atoms with Gasteiger partial charge in [0, 0.05) is 45.0 Å². The van der Waals surface area contributed by atoms with Crippen LogP contribution in [0.5, 0.6) is 0 Å². The summed E-state index contributed by atoms with van der Waals surface area (Å²) >= 11 is 0. The van der Waals surface area contributed by atoms with Gasteiger partial charge in [0.05, 0.1) is 5.69 Å². The molecule has 3 rings (SSSR count). The largest absolute Gasteiger partial charge is 0.356 e. The molecule has 2 heterocycles. The number of H-pyrrole nitrogens is 1. The minimum absolute atomic E-state index is 0.741. The van der Waals surface area contributed by atoms with E-state index in [4.69, 9.17) is 0 Å². The zero-order valence-corrected chi connectivity index (χ0v) is 12.6. The van der Waals surface area contributed by atoms with Gasteiger partial charge in [-0.1, -0.05) is 0 Å². The van der Waals surface area contributed by atoms with Crippen molar-refractivity contribution < 1.29 is 4.79 Å². The van der Waals surface area contributed by atoms with Crippen LogP contribution in [0.3, 0.4) is 0 Å². The fraction of sp³-hybridized carbons (Fsp3) is 0.688. The van der Waals surface area contributed by atoms with E-state index in [0.717, 1.165) is 48.8 Å². The van der Waals surface area contributed by atoms with Crippen molar-refractivity contribution in [3.8, 4) is 0 Å². The Morgan fingerprint density at radius 2 is 1.80 bits per heavy atom. The molecule has 2 aliphatic rings. The van der Waals surface area contributed by atoms with E-state index in [-0.39, 0.29) is 0 Å². The first kappa shape index (κ1) is 13.8. The lowest BCUT2D eigenvalue weighted by Gasteiger charge is -2.34. The second kappa shape index (κ2) is 5.70. The summed E-state index contributed by atoms with van der Waals surface area (Å²) in [5.41, 5.74) is 4.32. The third-order valence-corrected chi connectivity index (χ3v) is 4.81. The Labute approximate surface area is 121 Å². The van der Waals surface area contributed by atoms with Gasteiger partial charge in [-0.25, -0.2) is 0 Å². The molecule has 0 aromatic carbocycles. The van der Waals surface area contributed by atoms with E-state index in [2.05, 4.69) is 21.7 Å². The first-order valence-corrected chi connectivity index (χ1v) is 7.75. The second-order valence-corrected chi connectivity index (χ2v) is 6.41. The van der Waals surface area contributed by atoms with Crippen LogP contribution in [0.15, 0.2) is 0 Å². The van der Waals surface area contributed by atoms with Crippen molar-refractivity contribution in [2.24, 2.45) is 5.92 Å². The molecule has 0 atom stereocenters. The third kappa shape index (κ3) is 2.96. The molecule has 1 aromatic heterocycles. The molecule has 4 heteroatoms. The maximum Gasteiger partial charge on any atom is 0.166 e. The van der Waals surface area contributed by atoms with E-state index in [9.17, 15) is 4.79 Å². The number of hydrogen-bond acceptors (Lipinski definition) is 3. The lowest BCUT2D eigenvalue weighted by molar-refractivity contribution is 0.111. The quantitative estimate of drug-likeness (QED) is 0.835. The predicted molar refractivity (Wildman–Crippen MR) is 80.1 cm³/mol. The molecule has 1 saturated carbocycles. The van der Waals surface area contributed by atoms with Gasteiger partial charge in [0.25, 0.3) is 0 Å². The molecule has 0 unspecified atom stereocenters. The van der Waals surface area contributed by atoms with E-state index >= 15 is 0 Å². The Balaban J connectivity index is 1.56. The normalized spacial score (nSPS) is 21.3. The minimum Gasteiger partial charge on any atom is -0.356 e. The first-order chi connectivity index (χ1) is 9.67. The molecule has 1 aliphatic carbocycles. The lowest BCUT2D eigenvalue weighted by Crippen LogP contribution is -2.46. The monoisotopic (exact) mass is 275 g/mol. The fourth-order valence-electron chi connectivity index (χ4n) is 3.19. The number of aldehydes is 1. The number of nitrogens with one attached hydrogen (secondary N) is 1.